The number of aryl methyl sites for hydroxylation is 1. The third-order valence-electron chi connectivity index (χ3n) is 3.30. The molecule has 0 aromatic heterocycles. The van der Waals surface area contributed by atoms with Crippen LogP contribution in [0.3, 0.4) is 0 Å². The maximum absolute atomic E-state index is 11.5. The van der Waals surface area contributed by atoms with Gasteiger partial charge in [0.1, 0.15) is 0 Å². The maximum Gasteiger partial charge on any atom is 0.411 e. The Kier molecular flexibility index (Phi) is 5.30. The van der Waals surface area contributed by atoms with Crippen LogP contribution < -0.4 is 5.32 Å². The number of nitrogens with one attached hydrogen (secondary N) is 1. The average molecular weight is 314 g/mol. The average Bonchev–Trinajstić information content (AvgIpc) is 2.53. The molecule has 6 heteroatoms. The van der Waals surface area contributed by atoms with Gasteiger partial charge in [-0.25, -0.2) is 4.79 Å². The van der Waals surface area contributed by atoms with Crippen molar-refractivity contribution in [1.29, 1.82) is 0 Å². The topological polar surface area (TPSA) is 81.5 Å². The van der Waals surface area contributed by atoms with E-state index in [1.807, 2.05) is 19.1 Å². The summed E-state index contributed by atoms with van der Waals surface area (Å²) in [5.74, 6) is 0. The second-order valence-electron chi connectivity index (χ2n) is 5.10. The number of nitrogens with zero attached hydrogens (tertiary/aromatic N) is 1. The molecule has 2 rings (SSSR count). The number of rotatable bonds is 5. The molecule has 0 aliphatic rings. The summed E-state index contributed by atoms with van der Waals surface area (Å²) in [7, 11) is 0. The van der Waals surface area contributed by atoms with Crippen LogP contribution in [0.4, 0.5) is 16.2 Å². The van der Waals surface area contributed by atoms with Crippen LogP contribution in [-0.4, -0.2) is 17.6 Å². The lowest BCUT2D eigenvalue weighted by atomic mass is 10.0. The highest BCUT2D eigenvalue weighted by molar-refractivity contribution is 5.85. The summed E-state index contributed by atoms with van der Waals surface area (Å²) >= 11 is 0. The lowest BCUT2D eigenvalue weighted by Gasteiger charge is -2.08. The van der Waals surface area contributed by atoms with E-state index in [1.165, 1.54) is 6.07 Å². The van der Waals surface area contributed by atoms with Crippen molar-refractivity contribution >= 4 is 17.5 Å². The Hall–Kier alpha value is -2.89. The molecule has 0 saturated carbocycles. The first-order valence-corrected chi connectivity index (χ1v) is 7.30. The minimum Gasteiger partial charge on any atom is -0.449 e. The number of hydrogen-bond donors (Lipinski definition) is 1. The number of hydrogen-bond acceptors (Lipinski definition) is 4. The van der Waals surface area contributed by atoms with Crippen molar-refractivity contribution in [2.24, 2.45) is 0 Å². The maximum atomic E-state index is 11.5. The molecule has 1 N–H and O–H groups in total. The molecule has 0 aliphatic heterocycles. The van der Waals surface area contributed by atoms with Gasteiger partial charge in [0, 0.05) is 17.3 Å². The minimum absolute atomic E-state index is 0.103. The number of amides is 1. The van der Waals surface area contributed by atoms with E-state index in [0.717, 1.165) is 17.5 Å². The van der Waals surface area contributed by atoms with Gasteiger partial charge in [0.25, 0.3) is 5.69 Å². The monoisotopic (exact) mass is 314 g/mol. The van der Waals surface area contributed by atoms with Crippen molar-refractivity contribution in [3.63, 3.8) is 0 Å². The lowest BCUT2D eigenvalue weighted by Crippen LogP contribution is -2.13. The van der Waals surface area contributed by atoms with Crippen LogP contribution in [0.15, 0.2) is 42.5 Å². The normalized spacial score (nSPS) is 10.2. The molecule has 6 nitrogen and oxygen atoms in total. The summed E-state index contributed by atoms with van der Waals surface area (Å²) in [5, 5.41) is 13.5. The zero-order valence-corrected chi connectivity index (χ0v) is 13.0. The van der Waals surface area contributed by atoms with Crippen molar-refractivity contribution in [3.05, 3.63) is 58.1 Å². The van der Waals surface area contributed by atoms with Gasteiger partial charge in [0.15, 0.2) is 0 Å². The molecule has 2 aromatic rings. The van der Waals surface area contributed by atoms with Gasteiger partial charge < -0.3 is 4.74 Å². The van der Waals surface area contributed by atoms with E-state index in [1.54, 1.807) is 31.2 Å². The Morgan fingerprint density at radius 2 is 1.83 bits per heavy atom. The smallest absolute Gasteiger partial charge is 0.411 e. The Labute approximate surface area is 134 Å². The fourth-order valence-electron chi connectivity index (χ4n) is 2.13. The predicted octanol–water partition coefficient (Wildman–Crippen LogP) is 4.53. The van der Waals surface area contributed by atoms with Crippen molar-refractivity contribution in [2.75, 3.05) is 11.9 Å². The Morgan fingerprint density at radius 3 is 2.39 bits per heavy atom. The molecule has 0 radical (unpaired) electrons. The molecule has 0 bridgehead atoms. The number of nitro groups is 1. The second-order valence-corrected chi connectivity index (χ2v) is 5.10. The largest absolute Gasteiger partial charge is 0.449 e. The predicted molar refractivity (Wildman–Crippen MR) is 88.5 cm³/mol. The van der Waals surface area contributed by atoms with Crippen molar-refractivity contribution in [3.8, 4) is 11.1 Å². The van der Waals surface area contributed by atoms with Crippen LogP contribution in [0.2, 0.25) is 0 Å². The molecular formula is C17H18N2O4. The minimum atomic E-state index is -0.481. The quantitative estimate of drug-likeness (QED) is 0.649. The Balaban J connectivity index is 2.12. The highest BCUT2D eigenvalue weighted by Gasteiger charge is 2.11. The van der Waals surface area contributed by atoms with E-state index in [4.69, 9.17) is 4.74 Å². The molecule has 0 heterocycles. The van der Waals surface area contributed by atoms with Gasteiger partial charge in [-0.15, -0.1) is 0 Å². The van der Waals surface area contributed by atoms with Crippen LogP contribution in [0.5, 0.6) is 0 Å². The molecule has 0 fully saturated rings. The number of anilines is 1. The fourth-order valence-corrected chi connectivity index (χ4v) is 2.13. The number of carbonyl (C=O) groups is 1. The zero-order valence-electron chi connectivity index (χ0n) is 13.0. The molecule has 2 aromatic carbocycles. The summed E-state index contributed by atoms with van der Waals surface area (Å²) in [4.78, 5) is 21.9. The molecule has 0 aliphatic carbocycles. The van der Waals surface area contributed by atoms with Crippen molar-refractivity contribution in [1.82, 2.24) is 0 Å². The standard InChI is InChI=1S/C17H18N2O4/c1-3-10-23-17(20)18-15-7-4-13(5-8-15)14-6-9-16(19(21)22)12(2)11-14/h4-9,11H,3,10H2,1-2H3,(H,18,20). The Morgan fingerprint density at radius 1 is 1.17 bits per heavy atom. The molecule has 23 heavy (non-hydrogen) atoms. The van der Waals surface area contributed by atoms with Gasteiger partial charge in [0.2, 0.25) is 0 Å². The lowest BCUT2D eigenvalue weighted by molar-refractivity contribution is -0.385. The Bertz CT molecular complexity index is 711. The van der Waals surface area contributed by atoms with E-state index < -0.39 is 11.0 Å². The number of ether oxygens (including phenoxy) is 1. The van der Waals surface area contributed by atoms with Gasteiger partial charge in [0.05, 0.1) is 11.5 Å². The van der Waals surface area contributed by atoms with E-state index in [-0.39, 0.29) is 5.69 Å². The molecule has 0 saturated heterocycles. The van der Waals surface area contributed by atoms with Gasteiger partial charge >= 0.3 is 6.09 Å². The van der Waals surface area contributed by atoms with Crippen molar-refractivity contribution < 1.29 is 14.5 Å². The van der Waals surface area contributed by atoms with E-state index in [9.17, 15) is 14.9 Å². The van der Waals surface area contributed by atoms with E-state index >= 15 is 0 Å². The second kappa shape index (κ2) is 7.40. The van der Waals surface area contributed by atoms with Crippen LogP contribution in [-0.2, 0) is 4.74 Å². The molecule has 0 atom stereocenters. The highest BCUT2D eigenvalue weighted by atomic mass is 16.6. The SMILES string of the molecule is CCCOC(=O)Nc1ccc(-c2ccc([N+](=O)[O-])c(C)c2)cc1. The summed E-state index contributed by atoms with van der Waals surface area (Å²) in [6, 6.07) is 12.2. The van der Waals surface area contributed by atoms with Gasteiger partial charge in [-0.05, 0) is 48.7 Å². The highest BCUT2D eigenvalue weighted by Crippen LogP contribution is 2.27. The molecule has 0 spiro atoms. The number of carbonyl (C=O) groups excluding carboxylic acids is 1. The molecule has 1 amide bonds. The van der Waals surface area contributed by atoms with E-state index in [0.29, 0.717) is 17.9 Å². The summed E-state index contributed by atoms with van der Waals surface area (Å²) in [6.07, 6.45) is 0.289. The van der Waals surface area contributed by atoms with Crippen LogP contribution in [0.1, 0.15) is 18.9 Å². The summed E-state index contributed by atoms with van der Waals surface area (Å²) in [5.41, 5.74) is 3.14. The third kappa shape index (κ3) is 4.29. The first kappa shape index (κ1) is 16.5. The first-order valence-electron chi connectivity index (χ1n) is 7.30. The van der Waals surface area contributed by atoms with Crippen LogP contribution in [0.25, 0.3) is 11.1 Å². The molecular weight excluding hydrogens is 296 g/mol. The third-order valence-corrected chi connectivity index (χ3v) is 3.30. The van der Waals surface area contributed by atoms with Gasteiger partial charge in [-0.3, -0.25) is 15.4 Å². The molecule has 120 valence electrons. The number of benzene rings is 2. The zero-order chi connectivity index (χ0) is 16.8. The first-order chi connectivity index (χ1) is 11.0. The van der Waals surface area contributed by atoms with Crippen molar-refractivity contribution in [2.45, 2.75) is 20.3 Å². The summed E-state index contributed by atoms with van der Waals surface area (Å²) < 4.78 is 4.95. The van der Waals surface area contributed by atoms with E-state index in [2.05, 4.69) is 5.32 Å². The summed E-state index contributed by atoms with van der Waals surface area (Å²) in [6.45, 7) is 4.02. The fraction of sp³-hybridized carbons (Fsp3) is 0.235. The van der Waals surface area contributed by atoms with Crippen LogP contribution >= 0.6 is 0 Å². The van der Waals surface area contributed by atoms with Gasteiger partial charge in [-0.1, -0.05) is 19.1 Å². The van der Waals surface area contributed by atoms with Gasteiger partial charge in [-0.2, -0.15) is 0 Å². The number of nitro benzene ring substituents is 1. The molecule has 0 unspecified atom stereocenters. The van der Waals surface area contributed by atoms with Crippen LogP contribution in [0, 0.1) is 17.0 Å².